The Morgan fingerprint density at radius 1 is 0.630 bits per heavy atom. The van der Waals surface area contributed by atoms with Gasteiger partial charge in [0, 0.05) is 18.5 Å². The van der Waals surface area contributed by atoms with Crippen LogP contribution in [0, 0.1) is 11.3 Å². The minimum atomic E-state index is -2.22. The third-order valence-electron chi connectivity index (χ3n) is 4.71. The van der Waals surface area contributed by atoms with Gasteiger partial charge in [0.1, 0.15) is 40.1 Å². The van der Waals surface area contributed by atoms with Gasteiger partial charge in [0.2, 0.25) is 0 Å². The fourth-order valence-electron chi connectivity index (χ4n) is 3.59. The van der Waals surface area contributed by atoms with E-state index in [1.165, 1.54) is 15.9 Å². The molecule has 1 aromatic heterocycles. The van der Waals surface area contributed by atoms with Crippen LogP contribution in [0.2, 0.25) is 0 Å². The molecule has 4 aromatic rings. The van der Waals surface area contributed by atoms with Gasteiger partial charge in [0.05, 0.1) is 0 Å². The zero-order chi connectivity index (χ0) is 18.5. The standard InChI is InChI=1S/C24H18N2P/c25-18-20-19-26-17-16-24(20)27(21-10-4-1-5-11-21,22-12-6-2-7-13-22)23-14-8-3-9-15-23/h1-17,19H/q+1. The second-order valence-electron chi connectivity index (χ2n) is 6.18. The maximum atomic E-state index is 9.85. The van der Waals surface area contributed by atoms with E-state index in [9.17, 15) is 5.26 Å². The van der Waals surface area contributed by atoms with Crippen LogP contribution in [0.15, 0.2) is 109 Å². The highest BCUT2D eigenvalue weighted by atomic mass is 31.2. The lowest BCUT2D eigenvalue weighted by molar-refractivity contribution is 1.32. The van der Waals surface area contributed by atoms with Crippen LogP contribution in [-0.4, -0.2) is 4.98 Å². The van der Waals surface area contributed by atoms with Gasteiger partial charge in [-0.05, 0) is 36.4 Å². The number of nitriles is 1. The zero-order valence-electron chi connectivity index (χ0n) is 14.7. The zero-order valence-corrected chi connectivity index (χ0v) is 15.6. The quantitative estimate of drug-likeness (QED) is 0.519. The van der Waals surface area contributed by atoms with E-state index in [-0.39, 0.29) is 0 Å². The van der Waals surface area contributed by atoms with Gasteiger partial charge < -0.3 is 0 Å². The van der Waals surface area contributed by atoms with Crippen molar-refractivity contribution in [3.8, 4) is 6.07 Å². The molecule has 0 saturated carbocycles. The Morgan fingerprint density at radius 2 is 1.07 bits per heavy atom. The highest BCUT2D eigenvalue weighted by molar-refractivity contribution is 8.01. The number of benzene rings is 3. The van der Waals surface area contributed by atoms with Crippen molar-refractivity contribution in [2.24, 2.45) is 0 Å². The molecule has 0 unspecified atom stereocenters. The lowest BCUT2D eigenvalue weighted by Crippen LogP contribution is -2.39. The molecule has 3 heteroatoms. The number of hydrogen-bond acceptors (Lipinski definition) is 2. The molecule has 0 amide bonds. The molecule has 128 valence electrons. The highest BCUT2D eigenvalue weighted by Crippen LogP contribution is 2.54. The summed E-state index contributed by atoms with van der Waals surface area (Å²) < 4.78 is 0. The first-order valence-electron chi connectivity index (χ1n) is 8.78. The Morgan fingerprint density at radius 3 is 1.48 bits per heavy atom. The van der Waals surface area contributed by atoms with Gasteiger partial charge >= 0.3 is 0 Å². The third kappa shape index (κ3) is 2.93. The van der Waals surface area contributed by atoms with E-state index < -0.39 is 7.26 Å². The summed E-state index contributed by atoms with van der Waals surface area (Å²) in [5, 5.41) is 14.6. The largest absolute Gasteiger partial charge is 0.263 e. The van der Waals surface area contributed by atoms with Crippen molar-refractivity contribution >= 4 is 28.5 Å². The van der Waals surface area contributed by atoms with Crippen LogP contribution in [0.1, 0.15) is 5.56 Å². The van der Waals surface area contributed by atoms with Gasteiger partial charge in [0.25, 0.3) is 0 Å². The van der Waals surface area contributed by atoms with Gasteiger partial charge in [0.15, 0.2) is 0 Å². The molecule has 0 spiro atoms. The Balaban J connectivity index is 2.19. The SMILES string of the molecule is N#Cc1cnccc1[P+](c1ccccc1)(c1ccccc1)c1ccccc1. The molecular formula is C24H18N2P+. The molecule has 0 bridgehead atoms. The fourth-order valence-corrected chi connectivity index (χ4v) is 7.93. The van der Waals surface area contributed by atoms with E-state index in [0.29, 0.717) is 5.56 Å². The van der Waals surface area contributed by atoms with Crippen molar-refractivity contribution in [2.75, 3.05) is 0 Å². The molecule has 0 aliphatic heterocycles. The van der Waals surface area contributed by atoms with E-state index >= 15 is 0 Å². The van der Waals surface area contributed by atoms with Crippen molar-refractivity contribution < 1.29 is 0 Å². The molecule has 0 saturated heterocycles. The first-order valence-corrected chi connectivity index (χ1v) is 10.6. The van der Waals surface area contributed by atoms with Crippen LogP contribution in [0.3, 0.4) is 0 Å². The Labute approximate surface area is 160 Å². The molecule has 2 nitrogen and oxygen atoms in total. The summed E-state index contributed by atoms with van der Waals surface area (Å²) in [4.78, 5) is 4.21. The Kier molecular flexibility index (Phi) is 4.79. The monoisotopic (exact) mass is 365 g/mol. The van der Waals surface area contributed by atoms with Gasteiger partial charge in [-0.15, -0.1) is 0 Å². The van der Waals surface area contributed by atoms with Gasteiger partial charge in [-0.1, -0.05) is 54.6 Å². The Bertz CT molecular complexity index is 975. The maximum Gasteiger partial charge on any atom is 0.145 e. The van der Waals surface area contributed by atoms with E-state index in [4.69, 9.17) is 0 Å². The smallest absolute Gasteiger partial charge is 0.145 e. The van der Waals surface area contributed by atoms with Crippen molar-refractivity contribution in [3.63, 3.8) is 0 Å². The molecule has 0 aliphatic carbocycles. The van der Waals surface area contributed by atoms with Crippen molar-refractivity contribution in [3.05, 3.63) is 115 Å². The van der Waals surface area contributed by atoms with Crippen LogP contribution >= 0.6 is 7.26 Å². The number of aromatic nitrogens is 1. The van der Waals surface area contributed by atoms with Crippen LogP contribution in [0.25, 0.3) is 0 Å². The summed E-state index contributed by atoms with van der Waals surface area (Å²) >= 11 is 0. The molecular weight excluding hydrogens is 347 g/mol. The van der Waals surface area contributed by atoms with E-state index in [1.807, 2.05) is 24.3 Å². The van der Waals surface area contributed by atoms with E-state index in [1.54, 1.807) is 12.4 Å². The molecule has 4 rings (SSSR count). The molecule has 0 aliphatic rings. The number of hydrogen-bond donors (Lipinski definition) is 0. The number of rotatable bonds is 4. The average molecular weight is 365 g/mol. The summed E-state index contributed by atoms with van der Waals surface area (Å²) in [6.45, 7) is 0. The Hall–Kier alpha value is -3.27. The van der Waals surface area contributed by atoms with E-state index in [2.05, 4.69) is 83.8 Å². The number of nitrogens with zero attached hydrogens (tertiary/aromatic N) is 2. The minimum Gasteiger partial charge on any atom is -0.263 e. The first-order chi connectivity index (χ1) is 13.4. The lowest BCUT2D eigenvalue weighted by atomic mass is 10.3. The van der Waals surface area contributed by atoms with Crippen LogP contribution in [0.4, 0.5) is 0 Å². The second kappa shape index (κ2) is 7.54. The topological polar surface area (TPSA) is 36.7 Å². The van der Waals surface area contributed by atoms with Crippen LogP contribution in [-0.2, 0) is 0 Å². The maximum absolute atomic E-state index is 9.85. The van der Waals surface area contributed by atoms with Crippen LogP contribution in [0.5, 0.6) is 0 Å². The molecule has 3 aromatic carbocycles. The predicted molar refractivity (Wildman–Crippen MR) is 114 cm³/mol. The fraction of sp³-hybridized carbons (Fsp3) is 0. The molecule has 0 fully saturated rings. The summed E-state index contributed by atoms with van der Waals surface area (Å²) in [5.41, 5.74) is 0.627. The highest BCUT2D eigenvalue weighted by Gasteiger charge is 2.49. The lowest BCUT2D eigenvalue weighted by Gasteiger charge is -2.27. The summed E-state index contributed by atoms with van der Waals surface area (Å²) in [6, 6.07) is 36.0. The van der Waals surface area contributed by atoms with Crippen LogP contribution < -0.4 is 21.2 Å². The predicted octanol–water partition coefficient (Wildman–Crippen LogP) is 3.57. The normalized spacial score (nSPS) is 10.9. The summed E-state index contributed by atoms with van der Waals surface area (Å²) in [7, 11) is -2.22. The molecule has 1 heterocycles. The van der Waals surface area contributed by atoms with Crippen molar-refractivity contribution in [2.45, 2.75) is 0 Å². The second-order valence-corrected chi connectivity index (χ2v) is 9.55. The van der Waals surface area contributed by atoms with E-state index in [0.717, 1.165) is 5.30 Å². The third-order valence-corrected chi connectivity index (χ3v) is 9.04. The summed E-state index contributed by atoms with van der Waals surface area (Å²) in [6.07, 6.45) is 3.47. The first kappa shape index (κ1) is 17.2. The van der Waals surface area contributed by atoms with Crippen molar-refractivity contribution in [1.29, 1.82) is 5.26 Å². The minimum absolute atomic E-state index is 0.627. The number of pyridine rings is 1. The van der Waals surface area contributed by atoms with Crippen molar-refractivity contribution in [1.82, 2.24) is 4.98 Å². The van der Waals surface area contributed by atoms with Gasteiger partial charge in [-0.2, -0.15) is 5.26 Å². The van der Waals surface area contributed by atoms with Gasteiger partial charge in [-0.3, -0.25) is 4.98 Å². The molecule has 0 radical (unpaired) electrons. The molecule has 27 heavy (non-hydrogen) atoms. The summed E-state index contributed by atoms with van der Waals surface area (Å²) in [5.74, 6) is 0. The van der Waals surface area contributed by atoms with Gasteiger partial charge in [-0.25, -0.2) is 0 Å². The molecule has 0 atom stereocenters. The molecule has 0 N–H and O–H groups in total. The average Bonchev–Trinajstić information content (AvgIpc) is 2.77.